The maximum absolute atomic E-state index is 14.1. The molecule has 2 bridgehead atoms. The smallest absolute Gasteiger partial charge is 0.328 e. The van der Waals surface area contributed by atoms with Crippen LogP contribution in [0.5, 0.6) is 0 Å². The summed E-state index contributed by atoms with van der Waals surface area (Å²) in [6.45, 7) is 12.3. The van der Waals surface area contributed by atoms with Crippen LogP contribution in [-0.4, -0.2) is 153 Å². The molecule has 2 aliphatic heterocycles. The topological polar surface area (TPSA) is 219 Å². The second kappa shape index (κ2) is 27.8. The molecule has 0 aromatic rings. The highest BCUT2D eigenvalue weighted by molar-refractivity contribution is 7.90. The number of aliphatic hydroxyl groups is 2. The van der Waals surface area contributed by atoms with Gasteiger partial charge >= 0.3 is 5.97 Å². The number of carbonyl (C=O) groups excluding carboxylic acids is 5. The van der Waals surface area contributed by atoms with Crippen LogP contribution in [0.15, 0.2) is 47.6 Å². The number of methoxy groups -OCH3 is 2. The molecule has 16 nitrogen and oxygen atoms in total. The summed E-state index contributed by atoms with van der Waals surface area (Å²) in [6, 6.07) is -1.31. The molecule has 2 saturated carbocycles. The number of nitrogens with zero attached hydrogens (tertiary/aromatic N) is 1. The number of ketones is 3. The van der Waals surface area contributed by atoms with E-state index in [1.807, 2.05) is 44.2 Å². The summed E-state index contributed by atoms with van der Waals surface area (Å²) in [5.74, 6) is -8.45. The predicted octanol–water partition coefficient (Wildman–Crippen LogP) is 6.39. The number of hydrogen-bond donors (Lipinski definition) is 2. The molecule has 0 aromatic carbocycles. The first-order valence-corrected chi connectivity index (χ1v) is 27.8. The summed E-state index contributed by atoms with van der Waals surface area (Å²) in [7, 11) is 1.13. The SMILES string of the molecule is COC1C(=O)C(C)CC\C=C/C=C\C=C(\C)C(OC2CC2)C[C@H]2CC[C@H](C)[C@](O)(O2)C(=O)C(=O)N(C)C(C)C(=O)OC([C@H](C)C[C@@H]2CC[C@@H](OCCCS(C)(=O)=O)[C@H](OC)C2)CC(=O)C(C)/C=C(/C)C1O. The number of ether oxygens (including phenoxy) is 6. The van der Waals surface area contributed by atoms with Crippen molar-refractivity contribution in [3.8, 4) is 0 Å². The maximum Gasteiger partial charge on any atom is 0.328 e. The van der Waals surface area contributed by atoms with Crippen LogP contribution in [0, 0.1) is 29.6 Å². The Morgan fingerprint density at radius 3 is 2.24 bits per heavy atom. The van der Waals surface area contributed by atoms with Gasteiger partial charge in [-0.25, -0.2) is 13.2 Å². The van der Waals surface area contributed by atoms with Crippen LogP contribution in [0.3, 0.4) is 0 Å². The van der Waals surface area contributed by atoms with Crippen molar-refractivity contribution in [2.24, 2.45) is 29.6 Å². The quantitative estimate of drug-likeness (QED) is 0.0937. The average molecular weight is 1020 g/mol. The molecular formula is C54H85NO15S. The minimum absolute atomic E-state index is 0.0258. The lowest BCUT2D eigenvalue weighted by Crippen LogP contribution is -2.59. The van der Waals surface area contributed by atoms with Crippen molar-refractivity contribution in [3.05, 3.63) is 47.6 Å². The Morgan fingerprint density at radius 1 is 0.887 bits per heavy atom. The molecule has 2 aliphatic carbocycles. The van der Waals surface area contributed by atoms with Crippen molar-refractivity contribution in [1.82, 2.24) is 4.90 Å². The predicted molar refractivity (Wildman–Crippen MR) is 269 cm³/mol. The van der Waals surface area contributed by atoms with Crippen LogP contribution < -0.4 is 0 Å². The Kier molecular flexibility index (Phi) is 23.5. The second-order valence-corrected chi connectivity index (χ2v) is 23.3. The number of aliphatic hydroxyl groups excluding tert-OH is 1. The van der Waals surface area contributed by atoms with Gasteiger partial charge in [0.15, 0.2) is 5.78 Å². The highest BCUT2D eigenvalue weighted by atomic mass is 32.2. The van der Waals surface area contributed by atoms with Crippen LogP contribution in [-0.2, 0) is 62.2 Å². The minimum Gasteiger partial charge on any atom is -0.460 e. The number of rotatable bonds is 12. The number of amides is 1. The van der Waals surface area contributed by atoms with E-state index < -0.39 is 81.5 Å². The highest BCUT2D eigenvalue weighted by Gasteiger charge is 2.52. The first-order valence-electron chi connectivity index (χ1n) is 25.8. The van der Waals surface area contributed by atoms with Crippen molar-refractivity contribution in [2.75, 3.05) is 39.9 Å². The Balaban J connectivity index is 1.62. The lowest BCUT2D eigenvalue weighted by Gasteiger charge is -2.41. The van der Waals surface area contributed by atoms with Crippen molar-refractivity contribution in [1.29, 1.82) is 0 Å². The van der Waals surface area contributed by atoms with Crippen molar-refractivity contribution in [3.63, 3.8) is 0 Å². The highest BCUT2D eigenvalue weighted by Crippen LogP contribution is 2.38. The normalized spacial score (nSPS) is 37.3. The van der Waals surface area contributed by atoms with E-state index in [1.165, 1.54) is 27.3 Å². The largest absolute Gasteiger partial charge is 0.460 e. The number of hydrogen-bond acceptors (Lipinski definition) is 15. The van der Waals surface area contributed by atoms with E-state index in [4.69, 9.17) is 28.4 Å². The lowest BCUT2D eigenvalue weighted by molar-refractivity contribution is -0.266. The average Bonchev–Trinajstić information content (AvgIpc) is 4.15. The van der Waals surface area contributed by atoms with Gasteiger partial charge in [-0.05, 0) is 114 Å². The summed E-state index contributed by atoms with van der Waals surface area (Å²) in [6.07, 6.45) is 14.4. The maximum atomic E-state index is 14.1. The molecule has 0 aromatic heterocycles. The van der Waals surface area contributed by atoms with E-state index in [0.29, 0.717) is 63.4 Å². The Morgan fingerprint density at radius 2 is 1.59 bits per heavy atom. The van der Waals surface area contributed by atoms with Gasteiger partial charge in [0, 0.05) is 64.7 Å². The number of fused-ring (bicyclic) bond motifs is 2. The second-order valence-electron chi connectivity index (χ2n) is 21.0. The van der Waals surface area contributed by atoms with Gasteiger partial charge in [0.1, 0.15) is 40.0 Å². The Hall–Kier alpha value is -3.42. The van der Waals surface area contributed by atoms with Gasteiger partial charge in [-0.1, -0.05) is 64.2 Å². The third-order valence-electron chi connectivity index (χ3n) is 15.0. The molecule has 402 valence electrons. The van der Waals surface area contributed by atoms with E-state index in [2.05, 4.69) is 0 Å². The molecule has 4 rings (SSSR count). The molecular weight excluding hydrogens is 935 g/mol. The zero-order chi connectivity index (χ0) is 52.8. The number of sulfone groups is 1. The van der Waals surface area contributed by atoms with E-state index >= 15 is 0 Å². The number of Topliss-reactive ketones (excluding diaryl/α,β-unsaturated/α-hetero) is 3. The van der Waals surface area contributed by atoms with Crippen LogP contribution in [0.1, 0.15) is 132 Å². The fourth-order valence-electron chi connectivity index (χ4n) is 9.78. The molecule has 14 atom stereocenters. The molecule has 2 heterocycles. The molecule has 7 unspecified atom stereocenters. The Bertz CT molecular complexity index is 2040. The summed E-state index contributed by atoms with van der Waals surface area (Å²) >= 11 is 0. The van der Waals surface area contributed by atoms with E-state index in [-0.39, 0.29) is 66.6 Å². The summed E-state index contributed by atoms with van der Waals surface area (Å²) in [4.78, 5) is 70.9. The molecule has 0 radical (unpaired) electrons. The van der Waals surface area contributed by atoms with E-state index in [9.17, 15) is 42.6 Å². The van der Waals surface area contributed by atoms with E-state index in [1.54, 1.807) is 40.9 Å². The van der Waals surface area contributed by atoms with Gasteiger partial charge in [0.25, 0.3) is 11.7 Å². The first kappa shape index (κ1) is 60.1. The van der Waals surface area contributed by atoms with Crippen molar-refractivity contribution < 1.29 is 71.0 Å². The molecule has 1 saturated heterocycles. The number of carbonyl (C=O) groups is 5. The summed E-state index contributed by atoms with van der Waals surface area (Å²) in [5.41, 5.74) is 1.28. The van der Waals surface area contributed by atoms with Crippen LogP contribution >= 0.6 is 0 Å². The van der Waals surface area contributed by atoms with Crippen molar-refractivity contribution in [2.45, 2.75) is 193 Å². The molecule has 4 aliphatic rings. The number of allylic oxidation sites excluding steroid dienone is 6. The number of likely N-dealkylation sites (N-methyl/N-ethyl adjacent to an activating group) is 1. The van der Waals surface area contributed by atoms with Gasteiger partial charge in [-0.15, -0.1) is 0 Å². The Labute approximate surface area is 423 Å². The molecule has 17 heteroatoms. The number of cyclic esters (lactones) is 1. The third kappa shape index (κ3) is 17.9. The van der Waals surface area contributed by atoms with Gasteiger partial charge < -0.3 is 43.5 Å². The number of esters is 1. The minimum atomic E-state index is -3.12. The first-order chi connectivity index (χ1) is 33.4. The zero-order valence-electron chi connectivity index (χ0n) is 44.2. The summed E-state index contributed by atoms with van der Waals surface area (Å²) in [5, 5.41) is 23.3. The standard InChI is InChI=1S/C54H85NO15S/c1-33-18-15-13-12-14-16-19-34(2)48(57)50(66-10)49(58)37(5)28-35(3)43(56)32-46(36(4)29-40-21-25-44(47(30-40)65-9)67-26-17-27-71(11,63)64)69-53(61)39(7)55(8)52(60)51(59)54(62)38(6)20-22-42(70-54)31-45(33)68-41-23-24-41/h12-15,18,28,34-36,38-42,44-47,49-50,58,62H,16-17,19-27,29-32H2,1-11H3/b14-12-,15-13-,33-18-,37-28-/t34?,35?,36-,38+,39?,40+,42-,44-,45?,46?,47-,49?,50?,54+/m1/s1. The molecule has 1 amide bonds. The fraction of sp³-hybridized carbons (Fsp3) is 0.759. The molecule has 2 N–H and O–H groups in total. The third-order valence-corrected chi connectivity index (χ3v) is 16.0. The van der Waals surface area contributed by atoms with Crippen LogP contribution in [0.25, 0.3) is 0 Å². The molecule has 3 fully saturated rings. The fourth-order valence-corrected chi connectivity index (χ4v) is 10.4. The van der Waals surface area contributed by atoms with Crippen molar-refractivity contribution >= 4 is 39.1 Å². The monoisotopic (exact) mass is 1020 g/mol. The van der Waals surface area contributed by atoms with Gasteiger partial charge in [0.05, 0.1) is 36.3 Å². The van der Waals surface area contributed by atoms with Gasteiger partial charge in [-0.2, -0.15) is 0 Å². The molecule has 0 spiro atoms. The zero-order valence-corrected chi connectivity index (χ0v) is 45.0. The van der Waals surface area contributed by atoms with E-state index in [0.717, 1.165) is 29.7 Å². The summed E-state index contributed by atoms with van der Waals surface area (Å²) < 4.78 is 59.5. The lowest BCUT2D eigenvalue weighted by atomic mass is 9.78. The van der Waals surface area contributed by atoms with Gasteiger partial charge in [-0.3, -0.25) is 19.2 Å². The van der Waals surface area contributed by atoms with Gasteiger partial charge in [0.2, 0.25) is 5.79 Å². The van der Waals surface area contributed by atoms with Crippen LogP contribution in [0.4, 0.5) is 0 Å². The molecule has 71 heavy (non-hydrogen) atoms. The van der Waals surface area contributed by atoms with Crippen LogP contribution in [0.2, 0.25) is 0 Å².